The van der Waals surface area contributed by atoms with E-state index < -0.39 is 11.9 Å². The summed E-state index contributed by atoms with van der Waals surface area (Å²) in [5, 5.41) is 18.8. The molecule has 0 saturated carbocycles. The Hall–Kier alpha value is -3.54. The summed E-state index contributed by atoms with van der Waals surface area (Å²) in [7, 11) is 0. The number of aromatic carboxylic acids is 2. The largest absolute Gasteiger partial charge is 0.478 e. The van der Waals surface area contributed by atoms with Crippen molar-refractivity contribution in [3.63, 3.8) is 0 Å². The van der Waals surface area contributed by atoms with Crippen molar-refractivity contribution in [1.82, 2.24) is 9.97 Å². The Morgan fingerprint density at radius 1 is 0.815 bits per heavy atom. The molecule has 3 aromatic rings. The molecule has 2 heterocycles. The summed E-state index contributed by atoms with van der Waals surface area (Å²) in [6.07, 6.45) is 4.42. The zero-order valence-electron chi connectivity index (χ0n) is 14.4. The number of rotatable bonds is 7. The molecule has 0 amide bonds. The standard InChI is InChI=1S/C21H18N2O4/c24-20(25)14-7-8-18(19(13-14)21(26)27)15(11-16-5-1-3-9-22-16)12-17-6-2-4-10-23-17/h1-10,13,15H,11-12H2,(H,24,25)(H,26,27). The van der Waals surface area contributed by atoms with Crippen LogP contribution in [0.3, 0.4) is 0 Å². The number of nitrogens with zero attached hydrogens (tertiary/aromatic N) is 2. The van der Waals surface area contributed by atoms with Gasteiger partial charge in [-0.2, -0.15) is 0 Å². The zero-order valence-corrected chi connectivity index (χ0v) is 14.4. The Labute approximate surface area is 156 Å². The lowest BCUT2D eigenvalue weighted by atomic mass is 9.85. The first kappa shape index (κ1) is 18.3. The minimum atomic E-state index is -1.16. The number of carboxylic acid groups (broad SMARTS) is 2. The van der Waals surface area contributed by atoms with E-state index in [2.05, 4.69) is 9.97 Å². The van der Waals surface area contributed by atoms with Crippen molar-refractivity contribution in [2.75, 3.05) is 0 Å². The first-order valence-corrected chi connectivity index (χ1v) is 8.45. The molecule has 1 aromatic carbocycles. The minimum Gasteiger partial charge on any atom is -0.478 e. The smallest absolute Gasteiger partial charge is 0.335 e. The first-order valence-electron chi connectivity index (χ1n) is 8.45. The highest BCUT2D eigenvalue weighted by Gasteiger charge is 2.22. The molecule has 6 heteroatoms. The Morgan fingerprint density at radius 2 is 1.41 bits per heavy atom. The van der Waals surface area contributed by atoms with Crippen LogP contribution < -0.4 is 0 Å². The number of benzene rings is 1. The van der Waals surface area contributed by atoms with Crippen molar-refractivity contribution >= 4 is 11.9 Å². The molecule has 0 unspecified atom stereocenters. The predicted molar refractivity (Wildman–Crippen MR) is 99.0 cm³/mol. The molecule has 0 spiro atoms. The summed E-state index contributed by atoms with van der Waals surface area (Å²) in [4.78, 5) is 31.7. The fourth-order valence-electron chi connectivity index (χ4n) is 3.07. The van der Waals surface area contributed by atoms with Gasteiger partial charge in [0.1, 0.15) is 0 Å². The molecule has 0 radical (unpaired) electrons. The normalized spacial score (nSPS) is 10.7. The highest BCUT2D eigenvalue weighted by atomic mass is 16.4. The average molecular weight is 362 g/mol. The molecule has 0 fully saturated rings. The summed E-state index contributed by atoms with van der Waals surface area (Å²) in [6, 6.07) is 15.4. The Kier molecular flexibility index (Phi) is 5.56. The van der Waals surface area contributed by atoms with Crippen LogP contribution in [0.1, 0.15) is 43.6 Å². The van der Waals surface area contributed by atoms with Crippen LogP contribution in [-0.2, 0) is 12.8 Å². The lowest BCUT2D eigenvalue weighted by Gasteiger charge is -2.19. The van der Waals surface area contributed by atoms with Crippen molar-refractivity contribution in [1.29, 1.82) is 0 Å². The van der Waals surface area contributed by atoms with Crippen molar-refractivity contribution < 1.29 is 19.8 Å². The van der Waals surface area contributed by atoms with Crippen LogP contribution in [0, 0.1) is 0 Å². The third-order valence-electron chi connectivity index (χ3n) is 4.33. The summed E-state index contributed by atoms with van der Waals surface area (Å²) in [6.45, 7) is 0. The molecular weight excluding hydrogens is 344 g/mol. The average Bonchev–Trinajstić information content (AvgIpc) is 2.68. The van der Waals surface area contributed by atoms with E-state index >= 15 is 0 Å². The molecule has 3 rings (SSSR count). The summed E-state index contributed by atoms with van der Waals surface area (Å²) < 4.78 is 0. The lowest BCUT2D eigenvalue weighted by Crippen LogP contribution is -2.14. The van der Waals surface area contributed by atoms with Crippen molar-refractivity contribution in [2.24, 2.45) is 0 Å². The van der Waals surface area contributed by atoms with E-state index in [4.69, 9.17) is 0 Å². The van der Waals surface area contributed by atoms with E-state index in [1.54, 1.807) is 18.5 Å². The highest BCUT2D eigenvalue weighted by molar-refractivity contribution is 5.95. The fraction of sp³-hybridized carbons (Fsp3) is 0.143. The molecule has 6 nitrogen and oxygen atoms in total. The molecule has 0 saturated heterocycles. The molecular formula is C21H18N2O4. The van der Waals surface area contributed by atoms with Crippen LogP contribution in [-0.4, -0.2) is 32.1 Å². The summed E-state index contributed by atoms with van der Waals surface area (Å²) >= 11 is 0. The van der Waals surface area contributed by atoms with E-state index in [1.807, 2.05) is 36.4 Å². The molecule has 0 aliphatic heterocycles. The SMILES string of the molecule is O=C(O)c1ccc(C(Cc2ccccn2)Cc2ccccn2)c(C(=O)O)c1. The van der Waals surface area contributed by atoms with Gasteiger partial charge in [0.25, 0.3) is 0 Å². The molecule has 136 valence electrons. The minimum absolute atomic E-state index is 0.00763. The van der Waals surface area contributed by atoms with E-state index in [9.17, 15) is 19.8 Å². The Morgan fingerprint density at radius 3 is 1.85 bits per heavy atom. The molecule has 0 atom stereocenters. The molecule has 0 bridgehead atoms. The number of pyridine rings is 2. The third kappa shape index (κ3) is 4.55. The van der Waals surface area contributed by atoms with Crippen molar-refractivity contribution in [3.8, 4) is 0 Å². The van der Waals surface area contributed by atoms with Gasteiger partial charge in [0.15, 0.2) is 0 Å². The zero-order chi connectivity index (χ0) is 19.2. The van der Waals surface area contributed by atoms with E-state index in [-0.39, 0.29) is 17.0 Å². The maximum Gasteiger partial charge on any atom is 0.335 e. The topological polar surface area (TPSA) is 100 Å². The van der Waals surface area contributed by atoms with Crippen LogP contribution in [0.5, 0.6) is 0 Å². The number of carboxylic acids is 2. The van der Waals surface area contributed by atoms with Gasteiger partial charge in [0.05, 0.1) is 11.1 Å². The first-order chi connectivity index (χ1) is 13.0. The number of hydrogen-bond acceptors (Lipinski definition) is 4. The number of hydrogen-bond donors (Lipinski definition) is 2. The predicted octanol–water partition coefficient (Wildman–Crippen LogP) is 3.44. The van der Waals surface area contributed by atoms with Gasteiger partial charge in [-0.25, -0.2) is 9.59 Å². The third-order valence-corrected chi connectivity index (χ3v) is 4.33. The molecule has 2 aromatic heterocycles. The highest BCUT2D eigenvalue weighted by Crippen LogP contribution is 2.28. The molecule has 2 N–H and O–H groups in total. The lowest BCUT2D eigenvalue weighted by molar-refractivity contribution is 0.0694. The van der Waals surface area contributed by atoms with Crippen molar-refractivity contribution in [2.45, 2.75) is 18.8 Å². The van der Waals surface area contributed by atoms with Crippen LogP contribution in [0.2, 0.25) is 0 Å². The van der Waals surface area contributed by atoms with Gasteiger partial charge in [-0.15, -0.1) is 0 Å². The van der Waals surface area contributed by atoms with Crippen molar-refractivity contribution in [3.05, 3.63) is 95.1 Å². The Bertz CT molecular complexity index is 901. The van der Waals surface area contributed by atoms with Gasteiger partial charge in [-0.05, 0) is 60.7 Å². The number of carbonyl (C=O) groups is 2. The summed E-state index contributed by atoms with van der Waals surface area (Å²) in [5.74, 6) is -2.51. The van der Waals surface area contributed by atoms with Gasteiger partial charge in [0, 0.05) is 23.8 Å². The maximum atomic E-state index is 11.8. The van der Waals surface area contributed by atoms with Gasteiger partial charge in [0.2, 0.25) is 0 Å². The second-order valence-corrected chi connectivity index (χ2v) is 6.16. The van der Waals surface area contributed by atoms with Crippen LogP contribution in [0.4, 0.5) is 0 Å². The van der Waals surface area contributed by atoms with Crippen LogP contribution in [0.15, 0.2) is 67.0 Å². The van der Waals surface area contributed by atoms with E-state index in [0.29, 0.717) is 18.4 Å². The second kappa shape index (κ2) is 8.23. The monoisotopic (exact) mass is 362 g/mol. The van der Waals surface area contributed by atoms with Gasteiger partial charge in [-0.3, -0.25) is 9.97 Å². The molecule has 0 aliphatic rings. The Balaban J connectivity index is 2.03. The quantitative estimate of drug-likeness (QED) is 0.668. The van der Waals surface area contributed by atoms with Gasteiger partial charge < -0.3 is 10.2 Å². The van der Waals surface area contributed by atoms with Crippen LogP contribution in [0.25, 0.3) is 0 Å². The maximum absolute atomic E-state index is 11.8. The molecule has 0 aliphatic carbocycles. The number of aromatic nitrogens is 2. The second-order valence-electron chi connectivity index (χ2n) is 6.16. The van der Waals surface area contributed by atoms with Gasteiger partial charge in [-0.1, -0.05) is 18.2 Å². The van der Waals surface area contributed by atoms with Gasteiger partial charge >= 0.3 is 11.9 Å². The molecule has 27 heavy (non-hydrogen) atoms. The fourth-order valence-corrected chi connectivity index (χ4v) is 3.07. The van der Waals surface area contributed by atoms with Crippen LogP contribution >= 0.6 is 0 Å². The van der Waals surface area contributed by atoms with E-state index in [1.165, 1.54) is 12.1 Å². The van der Waals surface area contributed by atoms with E-state index in [0.717, 1.165) is 11.4 Å². The summed E-state index contributed by atoms with van der Waals surface area (Å²) in [5.41, 5.74) is 2.18.